The van der Waals surface area contributed by atoms with Crippen LogP contribution in [0.3, 0.4) is 0 Å². The maximum absolute atomic E-state index is 5.65. The standard InChI is InChI=1S/C16H23N3/c1-11-7-12(2)15(13(3)8-11)6-5-14-10-19(4)16(9-17)18-14/h7-8,10H,5-6,9,17H2,1-4H3. The SMILES string of the molecule is Cc1cc(C)c(CCc2cn(C)c(CN)n2)c(C)c1. The first kappa shape index (κ1) is 13.8. The number of imidazole rings is 1. The fourth-order valence-corrected chi connectivity index (χ4v) is 2.74. The summed E-state index contributed by atoms with van der Waals surface area (Å²) in [5, 5.41) is 0. The van der Waals surface area contributed by atoms with Gasteiger partial charge in [0.2, 0.25) is 0 Å². The minimum atomic E-state index is 0.499. The molecule has 0 aliphatic carbocycles. The van der Waals surface area contributed by atoms with E-state index in [9.17, 15) is 0 Å². The van der Waals surface area contributed by atoms with Crippen LogP contribution in [0.25, 0.3) is 0 Å². The Labute approximate surface area is 115 Å². The van der Waals surface area contributed by atoms with E-state index in [-0.39, 0.29) is 0 Å². The van der Waals surface area contributed by atoms with Crippen molar-refractivity contribution in [3.05, 3.63) is 52.1 Å². The van der Waals surface area contributed by atoms with Crippen molar-refractivity contribution in [2.45, 2.75) is 40.2 Å². The Morgan fingerprint density at radius 2 is 1.74 bits per heavy atom. The summed E-state index contributed by atoms with van der Waals surface area (Å²) in [5.41, 5.74) is 12.3. The fourth-order valence-electron chi connectivity index (χ4n) is 2.74. The van der Waals surface area contributed by atoms with E-state index in [4.69, 9.17) is 5.73 Å². The molecule has 2 N–H and O–H groups in total. The topological polar surface area (TPSA) is 43.8 Å². The summed E-state index contributed by atoms with van der Waals surface area (Å²) in [6.07, 6.45) is 4.10. The summed E-state index contributed by atoms with van der Waals surface area (Å²) < 4.78 is 2.02. The van der Waals surface area contributed by atoms with Crippen molar-refractivity contribution in [1.29, 1.82) is 0 Å². The molecule has 1 aromatic heterocycles. The van der Waals surface area contributed by atoms with Crippen molar-refractivity contribution in [3.8, 4) is 0 Å². The molecule has 1 heterocycles. The molecule has 0 amide bonds. The minimum Gasteiger partial charge on any atom is -0.337 e. The fraction of sp³-hybridized carbons (Fsp3) is 0.438. The van der Waals surface area contributed by atoms with E-state index in [0.717, 1.165) is 24.4 Å². The Hall–Kier alpha value is -1.61. The first-order valence-electron chi connectivity index (χ1n) is 6.79. The molecule has 0 atom stereocenters. The molecule has 3 nitrogen and oxygen atoms in total. The molecule has 0 spiro atoms. The van der Waals surface area contributed by atoms with Gasteiger partial charge in [0.05, 0.1) is 12.2 Å². The number of nitrogens with two attached hydrogens (primary N) is 1. The van der Waals surface area contributed by atoms with E-state index in [1.54, 1.807) is 0 Å². The monoisotopic (exact) mass is 257 g/mol. The van der Waals surface area contributed by atoms with Gasteiger partial charge in [-0.3, -0.25) is 0 Å². The van der Waals surface area contributed by atoms with Crippen LogP contribution in [0.2, 0.25) is 0 Å². The third-order valence-corrected chi connectivity index (χ3v) is 3.68. The zero-order valence-electron chi connectivity index (χ0n) is 12.3. The van der Waals surface area contributed by atoms with Crippen LogP contribution in [-0.4, -0.2) is 9.55 Å². The van der Waals surface area contributed by atoms with Crippen molar-refractivity contribution < 1.29 is 0 Å². The average Bonchev–Trinajstić information content (AvgIpc) is 2.68. The van der Waals surface area contributed by atoms with E-state index in [1.807, 2.05) is 11.6 Å². The second-order valence-electron chi connectivity index (χ2n) is 5.34. The third kappa shape index (κ3) is 3.04. The van der Waals surface area contributed by atoms with Gasteiger partial charge in [-0.1, -0.05) is 17.7 Å². The summed E-state index contributed by atoms with van der Waals surface area (Å²) >= 11 is 0. The molecular weight excluding hydrogens is 234 g/mol. The largest absolute Gasteiger partial charge is 0.337 e. The molecule has 0 aliphatic heterocycles. The van der Waals surface area contributed by atoms with Gasteiger partial charge in [-0.2, -0.15) is 0 Å². The number of rotatable bonds is 4. The molecule has 0 aliphatic rings. The van der Waals surface area contributed by atoms with Gasteiger partial charge >= 0.3 is 0 Å². The number of nitrogens with zero attached hydrogens (tertiary/aromatic N) is 2. The van der Waals surface area contributed by atoms with Crippen LogP contribution in [0.1, 0.15) is 33.8 Å². The molecule has 102 valence electrons. The van der Waals surface area contributed by atoms with Gasteiger partial charge in [0.15, 0.2) is 0 Å². The number of benzene rings is 1. The maximum atomic E-state index is 5.65. The highest BCUT2D eigenvalue weighted by Gasteiger charge is 2.07. The second-order valence-corrected chi connectivity index (χ2v) is 5.34. The molecule has 0 radical (unpaired) electrons. The highest BCUT2D eigenvalue weighted by Crippen LogP contribution is 2.18. The molecule has 0 saturated carbocycles. The predicted molar refractivity (Wildman–Crippen MR) is 79.2 cm³/mol. The maximum Gasteiger partial charge on any atom is 0.122 e. The van der Waals surface area contributed by atoms with Crippen molar-refractivity contribution >= 4 is 0 Å². The van der Waals surface area contributed by atoms with Crippen LogP contribution in [-0.2, 0) is 26.4 Å². The normalized spacial score (nSPS) is 11.0. The van der Waals surface area contributed by atoms with Gasteiger partial charge in [-0.05, 0) is 50.3 Å². The molecule has 2 rings (SSSR count). The molecular formula is C16H23N3. The lowest BCUT2D eigenvalue weighted by Gasteiger charge is -2.10. The molecule has 0 fully saturated rings. The first-order valence-corrected chi connectivity index (χ1v) is 6.79. The van der Waals surface area contributed by atoms with Crippen LogP contribution >= 0.6 is 0 Å². The quantitative estimate of drug-likeness (QED) is 0.915. The second kappa shape index (κ2) is 5.57. The minimum absolute atomic E-state index is 0.499. The number of hydrogen-bond donors (Lipinski definition) is 1. The van der Waals surface area contributed by atoms with E-state index in [2.05, 4.69) is 44.1 Å². The van der Waals surface area contributed by atoms with Crippen molar-refractivity contribution in [1.82, 2.24) is 9.55 Å². The highest BCUT2D eigenvalue weighted by atomic mass is 15.1. The van der Waals surface area contributed by atoms with E-state index in [1.165, 1.54) is 22.3 Å². The lowest BCUT2D eigenvalue weighted by molar-refractivity contribution is 0.793. The van der Waals surface area contributed by atoms with Gasteiger partial charge < -0.3 is 10.3 Å². The lowest BCUT2D eigenvalue weighted by atomic mass is 9.96. The number of aryl methyl sites for hydroxylation is 5. The van der Waals surface area contributed by atoms with Crippen LogP contribution in [0.15, 0.2) is 18.3 Å². The summed E-state index contributed by atoms with van der Waals surface area (Å²) in [5.74, 6) is 0.951. The lowest BCUT2D eigenvalue weighted by Crippen LogP contribution is -2.04. The van der Waals surface area contributed by atoms with Crippen molar-refractivity contribution in [2.24, 2.45) is 12.8 Å². The van der Waals surface area contributed by atoms with Crippen LogP contribution < -0.4 is 5.73 Å². The van der Waals surface area contributed by atoms with Crippen LogP contribution in [0, 0.1) is 20.8 Å². The van der Waals surface area contributed by atoms with Crippen LogP contribution in [0.4, 0.5) is 0 Å². The molecule has 1 aromatic carbocycles. The molecule has 0 bridgehead atoms. The molecule has 3 heteroatoms. The summed E-state index contributed by atoms with van der Waals surface area (Å²) in [4.78, 5) is 4.56. The Morgan fingerprint density at radius 1 is 1.11 bits per heavy atom. The zero-order chi connectivity index (χ0) is 14.0. The van der Waals surface area contributed by atoms with E-state index < -0.39 is 0 Å². The first-order chi connectivity index (χ1) is 9.01. The molecule has 0 unspecified atom stereocenters. The van der Waals surface area contributed by atoms with Crippen molar-refractivity contribution in [2.75, 3.05) is 0 Å². The molecule has 2 aromatic rings. The number of aromatic nitrogens is 2. The summed E-state index contributed by atoms with van der Waals surface area (Å²) in [6.45, 7) is 7.03. The average molecular weight is 257 g/mol. The van der Waals surface area contributed by atoms with Gasteiger partial charge in [0, 0.05) is 13.2 Å². The van der Waals surface area contributed by atoms with E-state index >= 15 is 0 Å². The Morgan fingerprint density at radius 3 is 2.26 bits per heavy atom. The van der Waals surface area contributed by atoms with Gasteiger partial charge in [-0.25, -0.2) is 4.98 Å². The van der Waals surface area contributed by atoms with Crippen LogP contribution in [0.5, 0.6) is 0 Å². The van der Waals surface area contributed by atoms with E-state index in [0.29, 0.717) is 6.54 Å². The zero-order valence-corrected chi connectivity index (χ0v) is 12.3. The van der Waals surface area contributed by atoms with Gasteiger partial charge in [0.1, 0.15) is 5.82 Å². The van der Waals surface area contributed by atoms with Crippen molar-refractivity contribution in [3.63, 3.8) is 0 Å². The Kier molecular flexibility index (Phi) is 4.05. The summed E-state index contributed by atoms with van der Waals surface area (Å²) in [6, 6.07) is 4.51. The Bertz CT molecular complexity index is 559. The van der Waals surface area contributed by atoms with Gasteiger partial charge in [0.25, 0.3) is 0 Å². The Balaban J connectivity index is 2.14. The highest BCUT2D eigenvalue weighted by molar-refractivity contribution is 5.37. The summed E-state index contributed by atoms with van der Waals surface area (Å²) in [7, 11) is 2.00. The number of hydrogen-bond acceptors (Lipinski definition) is 2. The van der Waals surface area contributed by atoms with Gasteiger partial charge in [-0.15, -0.1) is 0 Å². The predicted octanol–water partition coefficient (Wildman–Crippen LogP) is 2.59. The third-order valence-electron chi connectivity index (χ3n) is 3.68. The smallest absolute Gasteiger partial charge is 0.122 e. The molecule has 0 saturated heterocycles. The molecule has 19 heavy (non-hydrogen) atoms.